The van der Waals surface area contributed by atoms with E-state index in [1.807, 2.05) is 6.20 Å². The molecular formula is C11H20N4OS. The fourth-order valence-electron chi connectivity index (χ4n) is 1.37. The molecule has 3 N–H and O–H groups in total. The van der Waals surface area contributed by atoms with E-state index in [1.165, 1.54) is 0 Å². The Morgan fingerprint density at radius 3 is 2.82 bits per heavy atom. The lowest BCUT2D eigenvalue weighted by molar-refractivity contribution is 0.195. The average Bonchev–Trinajstić information content (AvgIpc) is 2.83. The van der Waals surface area contributed by atoms with E-state index in [0.29, 0.717) is 5.11 Å². The predicted molar refractivity (Wildman–Crippen MR) is 72.0 cm³/mol. The second-order valence-corrected chi connectivity index (χ2v) is 4.08. The van der Waals surface area contributed by atoms with Gasteiger partial charge in [0.25, 0.3) is 0 Å². The Hall–Kier alpha value is -1.14. The van der Waals surface area contributed by atoms with E-state index >= 15 is 0 Å². The molecule has 0 spiro atoms. The molecular weight excluding hydrogens is 236 g/mol. The van der Waals surface area contributed by atoms with Crippen molar-refractivity contribution in [1.82, 2.24) is 20.6 Å². The Labute approximate surface area is 107 Å². The number of thiocarbonyl (C=S) groups is 1. The zero-order valence-corrected chi connectivity index (χ0v) is 11.0. The van der Waals surface area contributed by atoms with Crippen molar-refractivity contribution in [3.05, 3.63) is 18.2 Å². The summed E-state index contributed by atoms with van der Waals surface area (Å²) in [6.07, 6.45) is 6.51. The number of hydrogen-bond donors (Lipinski definition) is 3. The molecule has 0 aliphatic rings. The van der Waals surface area contributed by atoms with Gasteiger partial charge in [0.2, 0.25) is 0 Å². The van der Waals surface area contributed by atoms with Gasteiger partial charge in [0, 0.05) is 45.6 Å². The van der Waals surface area contributed by atoms with E-state index in [1.54, 1.807) is 13.3 Å². The quantitative estimate of drug-likeness (QED) is 0.475. The summed E-state index contributed by atoms with van der Waals surface area (Å²) in [5, 5.41) is 7.00. The number of imidazole rings is 1. The van der Waals surface area contributed by atoms with E-state index in [0.717, 1.165) is 44.8 Å². The monoisotopic (exact) mass is 256 g/mol. The SMILES string of the molecule is COCCCNC(=S)NCCCc1ncc[nH]1. The highest BCUT2D eigenvalue weighted by molar-refractivity contribution is 7.80. The number of ether oxygens (including phenoxy) is 1. The van der Waals surface area contributed by atoms with Crippen LogP contribution >= 0.6 is 12.2 Å². The highest BCUT2D eigenvalue weighted by Gasteiger charge is 1.96. The molecule has 0 aliphatic carbocycles. The van der Waals surface area contributed by atoms with Gasteiger partial charge in [-0.3, -0.25) is 0 Å². The lowest BCUT2D eigenvalue weighted by Gasteiger charge is -2.09. The predicted octanol–water partition coefficient (Wildman–Crippen LogP) is 0.843. The van der Waals surface area contributed by atoms with Gasteiger partial charge in [-0.1, -0.05) is 0 Å². The molecule has 96 valence electrons. The topological polar surface area (TPSA) is 62.0 Å². The third-order valence-electron chi connectivity index (χ3n) is 2.24. The van der Waals surface area contributed by atoms with Gasteiger partial charge in [-0.2, -0.15) is 0 Å². The first-order valence-corrected chi connectivity index (χ1v) is 6.22. The Morgan fingerprint density at radius 2 is 2.18 bits per heavy atom. The van der Waals surface area contributed by atoms with Crippen LogP contribution in [0.4, 0.5) is 0 Å². The van der Waals surface area contributed by atoms with Crippen molar-refractivity contribution in [3.8, 4) is 0 Å². The Kier molecular flexibility index (Phi) is 7.33. The maximum Gasteiger partial charge on any atom is 0.166 e. The fraction of sp³-hybridized carbons (Fsp3) is 0.636. The Balaban J connectivity index is 1.93. The summed E-state index contributed by atoms with van der Waals surface area (Å²) < 4.78 is 4.95. The fourth-order valence-corrected chi connectivity index (χ4v) is 1.58. The van der Waals surface area contributed by atoms with Gasteiger partial charge in [-0.05, 0) is 25.1 Å². The van der Waals surface area contributed by atoms with Crippen molar-refractivity contribution in [2.45, 2.75) is 19.3 Å². The van der Waals surface area contributed by atoms with E-state index in [9.17, 15) is 0 Å². The molecule has 0 radical (unpaired) electrons. The molecule has 17 heavy (non-hydrogen) atoms. The van der Waals surface area contributed by atoms with Gasteiger partial charge < -0.3 is 20.4 Å². The average molecular weight is 256 g/mol. The standard InChI is InChI=1S/C11H20N4OS/c1-16-9-3-6-15-11(17)14-5-2-4-10-12-7-8-13-10/h7-8H,2-6,9H2,1H3,(H,12,13)(H2,14,15,17). The van der Waals surface area contributed by atoms with Gasteiger partial charge >= 0.3 is 0 Å². The van der Waals surface area contributed by atoms with Gasteiger partial charge in [0.15, 0.2) is 5.11 Å². The highest BCUT2D eigenvalue weighted by atomic mass is 32.1. The van der Waals surface area contributed by atoms with Crippen molar-refractivity contribution in [2.24, 2.45) is 0 Å². The van der Waals surface area contributed by atoms with Crippen LogP contribution in [-0.4, -0.2) is 41.9 Å². The van der Waals surface area contributed by atoms with Gasteiger partial charge in [-0.25, -0.2) is 4.98 Å². The molecule has 0 fully saturated rings. The minimum atomic E-state index is 0.709. The van der Waals surface area contributed by atoms with E-state index in [4.69, 9.17) is 17.0 Å². The number of H-pyrrole nitrogens is 1. The molecule has 1 heterocycles. The third-order valence-corrected chi connectivity index (χ3v) is 2.53. The summed E-state index contributed by atoms with van der Waals surface area (Å²) in [5.41, 5.74) is 0. The molecule has 0 saturated heterocycles. The lowest BCUT2D eigenvalue weighted by Crippen LogP contribution is -2.36. The molecule has 0 aromatic carbocycles. The summed E-state index contributed by atoms with van der Waals surface area (Å²) >= 11 is 5.13. The molecule has 0 atom stereocenters. The number of hydrogen-bond acceptors (Lipinski definition) is 3. The first kappa shape index (κ1) is 13.9. The number of aryl methyl sites for hydroxylation is 1. The van der Waals surface area contributed by atoms with Gasteiger partial charge in [-0.15, -0.1) is 0 Å². The summed E-state index contributed by atoms with van der Waals surface area (Å²) in [7, 11) is 1.70. The smallest absolute Gasteiger partial charge is 0.166 e. The van der Waals surface area contributed by atoms with Crippen molar-refractivity contribution < 1.29 is 4.74 Å². The number of nitrogens with one attached hydrogen (secondary N) is 3. The van der Waals surface area contributed by atoms with Crippen LogP contribution in [0.5, 0.6) is 0 Å². The minimum Gasteiger partial charge on any atom is -0.385 e. The molecule has 0 amide bonds. The second kappa shape index (κ2) is 8.95. The van der Waals surface area contributed by atoms with Gasteiger partial charge in [0.1, 0.15) is 5.82 Å². The van der Waals surface area contributed by atoms with Crippen LogP contribution in [-0.2, 0) is 11.2 Å². The van der Waals surface area contributed by atoms with Crippen LogP contribution in [0.1, 0.15) is 18.7 Å². The Bertz CT molecular complexity index is 302. The van der Waals surface area contributed by atoms with Crippen LogP contribution in [0.15, 0.2) is 12.4 Å². The normalized spacial score (nSPS) is 10.2. The molecule has 6 heteroatoms. The maximum absolute atomic E-state index is 5.13. The van der Waals surface area contributed by atoms with Crippen molar-refractivity contribution in [2.75, 3.05) is 26.8 Å². The minimum absolute atomic E-state index is 0.709. The number of aromatic nitrogens is 2. The first-order valence-electron chi connectivity index (χ1n) is 5.82. The van der Waals surface area contributed by atoms with Crippen molar-refractivity contribution in [3.63, 3.8) is 0 Å². The zero-order valence-electron chi connectivity index (χ0n) is 10.2. The number of rotatable bonds is 8. The van der Waals surface area contributed by atoms with E-state index in [2.05, 4.69) is 20.6 Å². The zero-order chi connectivity index (χ0) is 12.3. The Morgan fingerprint density at radius 1 is 1.41 bits per heavy atom. The van der Waals surface area contributed by atoms with Crippen LogP contribution in [0.2, 0.25) is 0 Å². The second-order valence-electron chi connectivity index (χ2n) is 3.67. The lowest BCUT2D eigenvalue weighted by atomic mass is 10.3. The molecule has 1 rings (SSSR count). The summed E-state index contributed by atoms with van der Waals surface area (Å²) in [6.45, 7) is 2.46. The maximum atomic E-state index is 5.13. The van der Waals surface area contributed by atoms with E-state index in [-0.39, 0.29) is 0 Å². The molecule has 1 aromatic heterocycles. The largest absolute Gasteiger partial charge is 0.385 e. The molecule has 0 unspecified atom stereocenters. The van der Waals surface area contributed by atoms with Gasteiger partial charge in [0.05, 0.1) is 0 Å². The summed E-state index contributed by atoms with van der Waals surface area (Å²) in [6, 6.07) is 0. The first-order chi connectivity index (χ1) is 8.33. The summed E-state index contributed by atoms with van der Waals surface area (Å²) in [4.78, 5) is 7.23. The van der Waals surface area contributed by atoms with Crippen LogP contribution in [0, 0.1) is 0 Å². The van der Waals surface area contributed by atoms with Crippen LogP contribution < -0.4 is 10.6 Å². The molecule has 0 bridgehead atoms. The molecule has 5 nitrogen and oxygen atoms in total. The van der Waals surface area contributed by atoms with Crippen LogP contribution in [0.25, 0.3) is 0 Å². The number of nitrogens with zero attached hydrogens (tertiary/aromatic N) is 1. The molecule has 0 saturated carbocycles. The van der Waals surface area contributed by atoms with E-state index < -0.39 is 0 Å². The molecule has 0 aliphatic heterocycles. The third kappa shape index (κ3) is 6.91. The molecule has 1 aromatic rings. The van der Waals surface area contributed by atoms with Crippen molar-refractivity contribution in [1.29, 1.82) is 0 Å². The van der Waals surface area contributed by atoms with Crippen molar-refractivity contribution >= 4 is 17.3 Å². The van der Waals surface area contributed by atoms with Crippen LogP contribution in [0.3, 0.4) is 0 Å². The number of methoxy groups -OCH3 is 1. The summed E-state index contributed by atoms with van der Waals surface area (Å²) in [5.74, 6) is 1.02. The number of aromatic amines is 1. The highest BCUT2D eigenvalue weighted by Crippen LogP contribution is 1.93.